The Morgan fingerprint density at radius 1 is 1.53 bits per heavy atom. The number of carboxylic acid groups (broad SMARTS) is 1. The Balaban J connectivity index is 2.18. The quantitative estimate of drug-likeness (QED) is 0.751. The maximum Gasteiger partial charge on any atom is 0.312 e. The summed E-state index contributed by atoms with van der Waals surface area (Å²) in [5.74, 6) is 0.514. The van der Waals surface area contributed by atoms with E-state index in [9.17, 15) is 15.0 Å². The Hall–Kier alpha value is -0.260. The van der Waals surface area contributed by atoms with Gasteiger partial charge in [-0.3, -0.25) is 4.79 Å². The number of carbonyl (C=O) groups is 1. The van der Waals surface area contributed by atoms with Crippen LogP contribution in [0, 0.1) is 5.41 Å². The van der Waals surface area contributed by atoms with Crippen LogP contribution in [0.15, 0.2) is 0 Å². The van der Waals surface area contributed by atoms with Crippen LogP contribution >= 0.6 is 11.8 Å². The molecule has 0 aromatic rings. The van der Waals surface area contributed by atoms with E-state index in [1.165, 1.54) is 0 Å². The minimum absolute atomic E-state index is 0.00396. The van der Waals surface area contributed by atoms with E-state index >= 15 is 0 Å². The number of ether oxygens (including phenoxy) is 1. The fraction of sp³-hybridized carbons (Fsp3) is 0.900. The van der Waals surface area contributed by atoms with E-state index in [2.05, 4.69) is 0 Å². The van der Waals surface area contributed by atoms with Crippen molar-refractivity contribution in [1.29, 1.82) is 0 Å². The largest absolute Gasteiger partial charge is 0.481 e. The van der Waals surface area contributed by atoms with Crippen LogP contribution in [-0.4, -0.2) is 46.5 Å². The summed E-state index contributed by atoms with van der Waals surface area (Å²) in [6.45, 7) is 0. The number of carboxylic acids is 1. The first-order valence-electron chi connectivity index (χ1n) is 5.10. The van der Waals surface area contributed by atoms with Crippen LogP contribution < -0.4 is 0 Å². The number of aliphatic hydroxyl groups is 1. The SMILES string of the molecule is COC1CC(C(=O)O)(C2(O)CCSC2)C1. The first-order valence-corrected chi connectivity index (χ1v) is 6.26. The summed E-state index contributed by atoms with van der Waals surface area (Å²) in [7, 11) is 1.59. The van der Waals surface area contributed by atoms with E-state index in [4.69, 9.17) is 4.74 Å². The van der Waals surface area contributed by atoms with Crippen LogP contribution in [0.4, 0.5) is 0 Å². The summed E-state index contributed by atoms with van der Waals surface area (Å²) in [4.78, 5) is 11.3. The van der Waals surface area contributed by atoms with Gasteiger partial charge in [-0.2, -0.15) is 11.8 Å². The molecule has 0 bridgehead atoms. The lowest BCUT2D eigenvalue weighted by molar-refractivity contribution is -0.200. The van der Waals surface area contributed by atoms with Crippen LogP contribution in [0.3, 0.4) is 0 Å². The lowest BCUT2D eigenvalue weighted by Crippen LogP contribution is -2.62. The average molecular weight is 232 g/mol. The minimum atomic E-state index is -1.03. The average Bonchev–Trinajstić information content (AvgIpc) is 2.51. The van der Waals surface area contributed by atoms with Crippen molar-refractivity contribution >= 4 is 17.7 Å². The molecular weight excluding hydrogens is 216 g/mol. The Kier molecular flexibility index (Phi) is 2.73. The molecule has 86 valence electrons. The highest BCUT2D eigenvalue weighted by atomic mass is 32.2. The van der Waals surface area contributed by atoms with E-state index in [1.54, 1.807) is 18.9 Å². The normalized spacial score (nSPS) is 45.1. The van der Waals surface area contributed by atoms with Gasteiger partial charge in [0.1, 0.15) is 5.41 Å². The van der Waals surface area contributed by atoms with E-state index in [-0.39, 0.29) is 6.10 Å². The first-order chi connectivity index (χ1) is 7.04. The molecule has 0 aromatic carbocycles. The second-order valence-corrected chi connectivity index (χ2v) is 5.59. The highest BCUT2D eigenvalue weighted by Crippen LogP contribution is 2.55. The van der Waals surface area contributed by atoms with Crippen molar-refractivity contribution in [2.45, 2.75) is 31.0 Å². The molecule has 0 aromatic heterocycles. The summed E-state index contributed by atoms with van der Waals surface area (Å²) in [5.41, 5.74) is -1.99. The number of methoxy groups -OCH3 is 1. The highest BCUT2D eigenvalue weighted by molar-refractivity contribution is 7.99. The summed E-state index contributed by atoms with van der Waals surface area (Å²) in [6, 6.07) is 0. The predicted octanol–water partition coefficient (Wildman–Crippen LogP) is 0.734. The minimum Gasteiger partial charge on any atom is -0.481 e. The highest BCUT2D eigenvalue weighted by Gasteiger charge is 2.64. The van der Waals surface area contributed by atoms with Gasteiger partial charge < -0.3 is 14.9 Å². The van der Waals surface area contributed by atoms with Crippen LogP contribution in [0.5, 0.6) is 0 Å². The van der Waals surface area contributed by atoms with Crippen molar-refractivity contribution in [3.63, 3.8) is 0 Å². The van der Waals surface area contributed by atoms with Crippen molar-refractivity contribution in [3.8, 4) is 0 Å². The Morgan fingerprint density at radius 2 is 2.20 bits per heavy atom. The fourth-order valence-electron chi connectivity index (χ4n) is 2.57. The van der Waals surface area contributed by atoms with Crippen LogP contribution in [0.25, 0.3) is 0 Å². The summed E-state index contributed by atoms with van der Waals surface area (Å²) in [6.07, 6.45) is 1.46. The molecule has 1 aliphatic carbocycles. The van der Waals surface area contributed by atoms with Crippen molar-refractivity contribution in [2.24, 2.45) is 5.41 Å². The smallest absolute Gasteiger partial charge is 0.312 e. The maximum absolute atomic E-state index is 11.3. The third-order valence-electron chi connectivity index (χ3n) is 3.79. The van der Waals surface area contributed by atoms with Gasteiger partial charge in [0.25, 0.3) is 0 Å². The van der Waals surface area contributed by atoms with E-state index < -0.39 is 17.0 Å². The van der Waals surface area contributed by atoms with Gasteiger partial charge in [0.2, 0.25) is 0 Å². The van der Waals surface area contributed by atoms with Crippen LogP contribution in [0.2, 0.25) is 0 Å². The third-order valence-corrected chi connectivity index (χ3v) is 4.96. The Morgan fingerprint density at radius 3 is 2.60 bits per heavy atom. The van der Waals surface area contributed by atoms with Crippen molar-refractivity contribution < 1.29 is 19.7 Å². The molecule has 0 radical (unpaired) electrons. The molecule has 1 aliphatic heterocycles. The zero-order chi connectivity index (χ0) is 11.1. The van der Waals surface area contributed by atoms with E-state index in [0.717, 1.165) is 5.75 Å². The van der Waals surface area contributed by atoms with Gasteiger partial charge in [-0.05, 0) is 25.0 Å². The van der Waals surface area contributed by atoms with Gasteiger partial charge in [0, 0.05) is 12.9 Å². The monoisotopic (exact) mass is 232 g/mol. The number of hydrogen-bond donors (Lipinski definition) is 2. The van der Waals surface area contributed by atoms with Crippen molar-refractivity contribution in [1.82, 2.24) is 0 Å². The van der Waals surface area contributed by atoms with E-state index in [0.29, 0.717) is 25.0 Å². The van der Waals surface area contributed by atoms with Gasteiger partial charge in [-0.15, -0.1) is 0 Å². The molecule has 0 amide bonds. The molecule has 1 atom stereocenters. The lowest BCUT2D eigenvalue weighted by atomic mass is 9.57. The number of rotatable bonds is 3. The molecule has 2 aliphatic rings. The van der Waals surface area contributed by atoms with Gasteiger partial charge in [0.05, 0.1) is 11.7 Å². The molecule has 4 nitrogen and oxygen atoms in total. The standard InChI is InChI=1S/C10H16O4S/c1-14-7-4-9(5-7,8(11)12)10(13)2-3-15-6-10/h7,13H,2-6H2,1H3,(H,11,12). The Labute approximate surface area is 93.0 Å². The van der Waals surface area contributed by atoms with Gasteiger partial charge >= 0.3 is 5.97 Å². The van der Waals surface area contributed by atoms with Crippen LogP contribution in [0.1, 0.15) is 19.3 Å². The number of aliphatic carboxylic acids is 1. The molecule has 0 spiro atoms. The second-order valence-electron chi connectivity index (χ2n) is 4.49. The summed E-state index contributed by atoms with van der Waals surface area (Å²) in [5, 5.41) is 19.7. The van der Waals surface area contributed by atoms with E-state index in [1.807, 2.05) is 0 Å². The van der Waals surface area contributed by atoms with Gasteiger partial charge in [-0.25, -0.2) is 0 Å². The molecule has 1 saturated carbocycles. The lowest BCUT2D eigenvalue weighted by Gasteiger charge is -2.51. The summed E-state index contributed by atoms with van der Waals surface area (Å²) < 4.78 is 5.11. The van der Waals surface area contributed by atoms with Crippen LogP contribution in [-0.2, 0) is 9.53 Å². The molecular formula is C10H16O4S. The molecule has 15 heavy (non-hydrogen) atoms. The van der Waals surface area contributed by atoms with Gasteiger partial charge in [0.15, 0.2) is 0 Å². The molecule has 1 unspecified atom stereocenters. The molecule has 1 saturated heterocycles. The zero-order valence-electron chi connectivity index (χ0n) is 8.73. The molecule has 5 heteroatoms. The summed E-state index contributed by atoms with van der Waals surface area (Å²) >= 11 is 1.63. The predicted molar refractivity (Wildman–Crippen MR) is 57.0 cm³/mol. The fourth-order valence-corrected chi connectivity index (χ4v) is 3.95. The molecule has 1 heterocycles. The Bertz CT molecular complexity index is 267. The second kappa shape index (κ2) is 3.64. The first kappa shape index (κ1) is 11.2. The van der Waals surface area contributed by atoms with Crippen molar-refractivity contribution in [3.05, 3.63) is 0 Å². The maximum atomic E-state index is 11.3. The molecule has 2 N–H and O–H groups in total. The third kappa shape index (κ3) is 1.48. The molecule has 2 rings (SSSR count). The zero-order valence-corrected chi connectivity index (χ0v) is 9.55. The van der Waals surface area contributed by atoms with Crippen molar-refractivity contribution in [2.75, 3.05) is 18.6 Å². The van der Waals surface area contributed by atoms with Gasteiger partial charge in [-0.1, -0.05) is 0 Å². The molecule has 2 fully saturated rings. The topological polar surface area (TPSA) is 66.8 Å². The number of thioether (sulfide) groups is 1. The number of hydrogen-bond acceptors (Lipinski definition) is 4.